The summed E-state index contributed by atoms with van der Waals surface area (Å²) in [5, 5.41) is 0. The smallest absolute Gasteiger partial charge is 0.119 e. The van der Waals surface area contributed by atoms with E-state index in [-0.39, 0.29) is 0 Å². The minimum atomic E-state index is 0.320. The van der Waals surface area contributed by atoms with Gasteiger partial charge in [-0.05, 0) is 36.3 Å². The van der Waals surface area contributed by atoms with Crippen molar-refractivity contribution in [1.29, 1.82) is 0 Å². The molecule has 0 radical (unpaired) electrons. The molecule has 1 aromatic carbocycles. The number of ether oxygens (including phenoxy) is 2. The van der Waals surface area contributed by atoms with Crippen LogP contribution in [0.4, 0.5) is 0 Å². The molecule has 0 aromatic heterocycles. The van der Waals surface area contributed by atoms with Crippen molar-refractivity contribution in [1.82, 2.24) is 0 Å². The Hall–Kier alpha value is -0.670. The molecule has 94 valence electrons. The van der Waals surface area contributed by atoms with Crippen LogP contribution in [0.2, 0.25) is 0 Å². The molecular weight excluding hydrogens is 232 g/mol. The van der Waals surface area contributed by atoms with Crippen molar-refractivity contribution in [2.24, 2.45) is 5.41 Å². The van der Waals surface area contributed by atoms with Crippen molar-refractivity contribution in [2.75, 3.05) is 19.5 Å². The van der Waals surface area contributed by atoms with Crippen LogP contribution in [0.5, 0.6) is 5.75 Å². The Kier molecular flexibility index (Phi) is 4.35. The van der Waals surface area contributed by atoms with E-state index in [0.717, 1.165) is 23.7 Å². The number of rotatable bonds is 6. The second-order valence-corrected chi connectivity index (χ2v) is 5.20. The van der Waals surface area contributed by atoms with Crippen LogP contribution in [0.15, 0.2) is 24.3 Å². The van der Waals surface area contributed by atoms with Crippen molar-refractivity contribution in [3.63, 3.8) is 0 Å². The molecule has 1 aliphatic carbocycles. The van der Waals surface area contributed by atoms with Crippen LogP contribution in [0.25, 0.3) is 0 Å². The maximum Gasteiger partial charge on any atom is 0.119 e. The van der Waals surface area contributed by atoms with Crippen molar-refractivity contribution in [2.45, 2.75) is 25.9 Å². The zero-order valence-corrected chi connectivity index (χ0v) is 11.2. The molecule has 0 amide bonds. The van der Waals surface area contributed by atoms with Gasteiger partial charge in [0.05, 0.1) is 13.2 Å². The van der Waals surface area contributed by atoms with Gasteiger partial charge in [0.2, 0.25) is 0 Å². The van der Waals surface area contributed by atoms with Crippen molar-refractivity contribution >= 4 is 12.6 Å². The zero-order valence-electron chi connectivity index (χ0n) is 10.3. The number of benzene rings is 1. The van der Waals surface area contributed by atoms with E-state index in [9.17, 15) is 0 Å². The van der Waals surface area contributed by atoms with E-state index in [1.54, 1.807) is 7.11 Å². The first-order valence-electron chi connectivity index (χ1n) is 6.10. The Morgan fingerprint density at radius 2 is 2.18 bits per heavy atom. The maximum absolute atomic E-state index is 5.89. The Morgan fingerprint density at radius 1 is 1.35 bits per heavy atom. The molecule has 0 atom stereocenters. The van der Waals surface area contributed by atoms with Gasteiger partial charge in [0.1, 0.15) is 5.75 Å². The average molecular weight is 252 g/mol. The highest BCUT2D eigenvalue weighted by Crippen LogP contribution is 2.42. The second-order valence-electron chi connectivity index (χ2n) is 4.88. The van der Waals surface area contributed by atoms with Crippen LogP contribution in [0, 0.1) is 5.41 Å². The van der Waals surface area contributed by atoms with Gasteiger partial charge in [-0.3, -0.25) is 0 Å². The summed E-state index contributed by atoms with van der Waals surface area (Å²) in [5.41, 5.74) is 1.47. The van der Waals surface area contributed by atoms with Crippen molar-refractivity contribution < 1.29 is 9.47 Å². The predicted molar refractivity (Wildman–Crippen MR) is 72.8 cm³/mol. The molecule has 2 nitrogen and oxygen atoms in total. The Balaban J connectivity index is 1.92. The molecule has 0 heterocycles. The van der Waals surface area contributed by atoms with Crippen LogP contribution >= 0.6 is 12.6 Å². The van der Waals surface area contributed by atoms with Gasteiger partial charge in [0.25, 0.3) is 0 Å². The summed E-state index contributed by atoms with van der Waals surface area (Å²) in [6.07, 6.45) is 3.80. The summed E-state index contributed by atoms with van der Waals surface area (Å²) >= 11 is 4.43. The summed E-state index contributed by atoms with van der Waals surface area (Å²) in [7, 11) is 1.71. The number of hydrogen-bond donors (Lipinski definition) is 1. The molecule has 1 aromatic rings. The molecule has 0 N–H and O–H groups in total. The summed E-state index contributed by atoms with van der Waals surface area (Å²) in [6, 6.07) is 8.12. The fraction of sp³-hybridized carbons (Fsp3) is 0.571. The Bertz CT molecular complexity index is 355. The zero-order chi connectivity index (χ0) is 12.1. The first-order valence-corrected chi connectivity index (χ1v) is 6.73. The standard InChI is InChI=1S/C14H20O2S/c1-15-9-12-4-2-5-13(8-12)16-10-14(11-17)6-3-7-14/h2,4-5,8,17H,3,6-7,9-11H2,1H3. The minimum Gasteiger partial charge on any atom is -0.493 e. The number of hydrogen-bond acceptors (Lipinski definition) is 3. The lowest BCUT2D eigenvalue weighted by Crippen LogP contribution is -2.37. The highest BCUT2D eigenvalue weighted by molar-refractivity contribution is 7.80. The van der Waals surface area contributed by atoms with E-state index in [4.69, 9.17) is 9.47 Å². The van der Waals surface area contributed by atoms with Gasteiger partial charge >= 0.3 is 0 Å². The molecule has 17 heavy (non-hydrogen) atoms. The Morgan fingerprint density at radius 3 is 2.76 bits per heavy atom. The first-order chi connectivity index (χ1) is 8.28. The van der Waals surface area contributed by atoms with Gasteiger partial charge < -0.3 is 9.47 Å². The van der Waals surface area contributed by atoms with E-state index >= 15 is 0 Å². The lowest BCUT2D eigenvalue weighted by atomic mass is 9.71. The van der Waals surface area contributed by atoms with E-state index in [1.165, 1.54) is 19.3 Å². The predicted octanol–water partition coefficient (Wildman–Crippen LogP) is 3.31. The molecule has 2 rings (SSSR count). The highest BCUT2D eigenvalue weighted by atomic mass is 32.1. The van der Waals surface area contributed by atoms with Crippen LogP contribution in [0.3, 0.4) is 0 Å². The van der Waals surface area contributed by atoms with Crippen molar-refractivity contribution in [3.8, 4) is 5.75 Å². The number of methoxy groups -OCH3 is 1. The molecule has 0 spiro atoms. The molecule has 1 aliphatic rings. The fourth-order valence-electron chi connectivity index (χ4n) is 2.15. The van der Waals surface area contributed by atoms with E-state index < -0.39 is 0 Å². The van der Waals surface area contributed by atoms with E-state index in [1.807, 2.05) is 24.3 Å². The third-order valence-electron chi connectivity index (χ3n) is 3.50. The number of thiol groups is 1. The molecule has 0 bridgehead atoms. The van der Waals surface area contributed by atoms with Crippen LogP contribution in [0.1, 0.15) is 24.8 Å². The molecule has 0 unspecified atom stereocenters. The Labute approximate surface area is 109 Å². The van der Waals surface area contributed by atoms with Gasteiger partial charge in [-0.15, -0.1) is 0 Å². The molecule has 1 saturated carbocycles. The lowest BCUT2D eigenvalue weighted by molar-refractivity contribution is 0.0828. The SMILES string of the molecule is COCc1cccc(OCC2(CS)CCC2)c1. The first kappa shape index (κ1) is 12.8. The molecule has 3 heteroatoms. The second kappa shape index (κ2) is 5.78. The summed E-state index contributed by atoms with van der Waals surface area (Å²) in [6.45, 7) is 1.42. The normalized spacial score (nSPS) is 17.5. The van der Waals surface area contributed by atoms with Crippen LogP contribution in [-0.4, -0.2) is 19.5 Å². The van der Waals surface area contributed by atoms with Gasteiger partial charge in [-0.1, -0.05) is 18.6 Å². The molecule has 1 fully saturated rings. The third-order valence-corrected chi connectivity index (χ3v) is 4.17. The molecule has 0 aliphatic heterocycles. The van der Waals surface area contributed by atoms with Gasteiger partial charge in [0, 0.05) is 12.5 Å². The summed E-state index contributed by atoms with van der Waals surface area (Å²) in [5.74, 6) is 1.86. The quantitative estimate of drug-likeness (QED) is 0.783. The average Bonchev–Trinajstić information content (AvgIpc) is 2.29. The van der Waals surface area contributed by atoms with E-state index in [0.29, 0.717) is 12.0 Å². The fourth-order valence-corrected chi connectivity index (χ4v) is 2.56. The van der Waals surface area contributed by atoms with Crippen LogP contribution in [-0.2, 0) is 11.3 Å². The summed E-state index contributed by atoms with van der Waals surface area (Å²) in [4.78, 5) is 0. The summed E-state index contributed by atoms with van der Waals surface area (Å²) < 4.78 is 11.0. The largest absolute Gasteiger partial charge is 0.493 e. The van der Waals surface area contributed by atoms with Gasteiger partial charge in [0.15, 0.2) is 0 Å². The van der Waals surface area contributed by atoms with Gasteiger partial charge in [-0.25, -0.2) is 0 Å². The lowest BCUT2D eigenvalue weighted by Gasteiger charge is -2.40. The van der Waals surface area contributed by atoms with Gasteiger partial charge in [-0.2, -0.15) is 12.6 Å². The minimum absolute atomic E-state index is 0.320. The topological polar surface area (TPSA) is 18.5 Å². The third kappa shape index (κ3) is 3.17. The van der Waals surface area contributed by atoms with E-state index in [2.05, 4.69) is 12.6 Å². The highest BCUT2D eigenvalue weighted by Gasteiger charge is 2.36. The monoisotopic (exact) mass is 252 g/mol. The maximum atomic E-state index is 5.89. The van der Waals surface area contributed by atoms with Crippen molar-refractivity contribution in [3.05, 3.63) is 29.8 Å². The molecular formula is C14H20O2S. The molecule has 0 saturated heterocycles. The van der Waals surface area contributed by atoms with Crippen LogP contribution < -0.4 is 4.74 Å².